The fourth-order valence-corrected chi connectivity index (χ4v) is 4.50. The van der Waals surface area contributed by atoms with E-state index in [1.807, 2.05) is 11.3 Å². The van der Waals surface area contributed by atoms with Gasteiger partial charge in [-0.3, -0.25) is 0 Å². The van der Waals surface area contributed by atoms with Crippen molar-refractivity contribution in [3.8, 4) is 0 Å². The lowest BCUT2D eigenvalue weighted by Crippen LogP contribution is -2.24. The number of nitrogens with zero attached hydrogens (tertiary/aromatic N) is 3. The summed E-state index contributed by atoms with van der Waals surface area (Å²) < 4.78 is 0. The van der Waals surface area contributed by atoms with Crippen LogP contribution in [0.15, 0.2) is 6.33 Å². The predicted octanol–water partition coefficient (Wildman–Crippen LogP) is 3.71. The molecule has 5 heteroatoms. The Morgan fingerprint density at radius 2 is 2.05 bits per heavy atom. The summed E-state index contributed by atoms with van der Waals surface area (Å²) in [6.07, 6.45) is 7.83. The van der Waals surface area contributed by atoms with Gasteiger partial charge in [-0.1, -0.05) is 13.8 Å². The Hall–Kier alpha value is -1.20. The Morgan fingerprint density at radius 3 is 2.86 bits per heavy atom. The first-order chi connectivity index (χ1) is 10.8. The van der Waals surface area contributed by atoms with Crippen molar-refractivity contribution >= 4 is 27.4 Å². The summed E-state index contributed by atoms with van der Waals surface area (Å²) in [6.45, 7) is 8.96. The second-order valence-corrected chi connectivity index (χ2v) is 7.00. The molecule has 0 bridgehead atoms. The molecule has 0 saturated carbocycles. The molecule has 1 aliphatic carbocycles. The molecule has 1 N–H and O–H groups in total. The van der Waals surface area contributed by atoms with Gasteiger partial charge < -0.3 is 10.2 Å². The second-order valence-electron chi connectivity index (χ2n) is 5.92. The van der Waals surface area contributed by atoms with Crippen LogP contribution < -0.4 is 5.32 Å². The van der Waals surface area contributed by atoms with Crippen molar-refractivity contribution in [3.63, 3.8) is 0 Å². The van der Waals surface area contributed by atoms with E-state index in [4.69, 9.17) is 0 Å². The molecule has 2 aromatic rings. The van der Waals surface area contributed by atoms with Crippen molar-refractivity contribution in [2.75, 3.05) is 31.5 Å². The third-order valence-corrected chi connectivity index (χ3v) is 5.79. The summed E-state index contributed by atoms with van der Waals surface area (Å²) in [5.74, 6) is 1.05. The Morgan fingerprint density at radius 1 is 1.18 bits per heavy atom. The molecule has 120 valence electrons. The average Bonchev–Trinajstić information content (AvgIpc) is 3.11. The van der Waals surface area contributed by atoms with E-state index in [0.717, 1.165) is 30.3 Å². The number of aryl methyl sites for hydroxylation is 2. The van der Waals surface area contributed by atoms with Crippen LogP contribution >= 0.6 is 11.3 Å². The molecule has 0 atom stereocenters. The van der Waals surface area contributed by atoms with Crippen LogP contribution in [0.1, 0.15) is 43.6 Å². The maximum atomic E-state index is 4.50. The third kappa shape index (κ3) is 3.25. The van der Waals surface area contributed by atoms with Crippen molar-refractivity contribution in [2.45, 2.75) is 46.0 Å². The highest BCUT2D eigenvalue weighted by Crippen LogP contribution is 2.38. The van der Waals surface area contributed by atoms with Crippen LogP contribution in [0.2, 0.25) is 0 Å². The average molecular weight is 318 g/mol. The summed E-state index contributed by atoms with van der Waals surface area (Å²) in [5, 5.41) is 4.85. The third-order valence-electron chi connectivity index (χ3n) is 4.59. The number of fused-ring (bicyclic) bond motifs is 3. The molecule has 0 spiro atoms. The molecular weight excluding hydrogens is 292 g/mol. The highest BCUT2D eigenvalue weighted by atomic mass is 32.1. The van der Waals surface area contributed by atoms with E-state index in [1.165, 1.54) is 54.5 Å². The smallest absolute Gasteiger partial charge is 0.138 e. The van der Waals surface area contributed by atoms with E-state index in [0.29, 0.717) is 0 Å². The molecule has 2 aromatic heterocycles. The lowest BCUT2D eigenvalue weighted by atomic mass is 10.2. The van der Waals surface area contributed by atoms with Gasteiger partial charge in [0.15, 0.2) is 0 Å². The van der Waals surface area contributed by atoms with Crippen LogP contribution in [0.4, 0.5) is 5.82 Å². The summed E-state index contributed by atoms with van der Waals surface area (Å²) in [5.41, 5.74) is 1.51. The van der Waals surface area contributed by atoms with Gasteiger partial charge in [-0.2, -0.15) is 0 Å². The number of thiophene rings is 1. The molecular formula is C17H26N4S. The molecule has 0 amide bonds. The number of hydrogen-bond donors (Lipinski definition) is 1. The van der Waals surface area contributed by atoms with Gasteiger partial charge in [-0.15, -0.1) is 11.3 Å². The molecule has 4 nitrogen and oxygen atoms in total. The summed E-state index contributed by atoms with van der Waals surface area (Å²) in [7, 11) is 0. The Kier molecular flexibility index (Phi) is 5.26. The van der Waals surface area contributed by atoms with Gasteiger partial charge in [0.05, 0.1) is 5.39 Å². The summed E-state index contributed by atoms with van der Waals surface area (Å²) >= 11 is 1.86. The minimum atomic E-state index is 0.998. The fraction of sp³-hybridized carbons (Fsp3) is 0.647. The summed E-state index contributed by atoms with van der Waals surface area (Å²) in [6, 6.07) is 0. The van der Waals surface area contributed by atoms with Gasteiger partial charge in [-0.05, 0) is 57.3 Å². The monoisotopic (exact) mass is 318 g/mol. The van der Waals surface area contributed by atoms with E-state index in [-0.39, 0.29) is 0 Å². The van der Waals surface area contributed by atoms with Crippen molar-refractivity contribution < 1.29 is 0 Å². The van der Waals surface area contributed by atoms with Gasteiger partial charge in [0.1, 0.15) is 17.0 Å². The Balaban J connectivity index is 1.58. The molecule has 3 rings (SSSR count). The van der Waals surface area contributed by atoms with Gasteiger partial charge in [0.2, 0.25) is 0 Å². The zero-order valence-corrected chi connectivity index (χ0v) is 14.5. The quantitative estimate of drug-likeness (QED) is 0.753. The number of hydrogen-bond acceptors (Lipinski definition) is 5. The number of unbranched alkanes of at least 4 members (excludes halogenated alkanes) is 1. The maximum Gasteiger partial charge on any atom is 0.138 e. The number of rotatable bonds is 8. The molecule has 0 fully saturated rings. The normalized spacial score (nSPS) is 14.0. The van der Waals surface area contributed by atoms with Gasteiger partial charge >= 0.3 is 0 Å². The Labute approximate surface area is 137 Å². The van der Waals surface area contributed by atoms with Crippen LogP contribution in [0.5, 0.6) is 0 Å². The zero-order valence-electron chi connectivity index (χ0n) is 13.7. The van der Waals surface area contributed by atoms with Gasteiger partial charge in [-0.25, -0.2) is 9.97 Å². The van der Waals surface area contributed by atoms with E-state index in [2.05, 4.69) is 34.0 Å². The van der Waals surface area contributed by atoms with Crippen LogP contribution in [0.3, 0.4) is 0 Å². The molecule has 22 heavy (non-hydrogen) atoms. The van der Waals surface area contributed by atoms with Crippen molar-refractivity contribution in [2.24, 2.45) is 0 Å². The molecule has 0 aliphatic heterocycles. The SMILES string of the molecule is CCN(CC)CCCCNc1ncnc2sc3c(c12)CCC3. The number of aromatic nitrogens is 2. The van der Waals surface area contributed by atoms with Crippen LogP contribution in [0.25, 0.3) is 10.2 Å². The van der Waals surface area contributed by atoms with E-state index in [1.54, 1.807) is 6.33 Å². The lowest BCUT2D eigenvalue weighted by molar-refractivity contribution is 0.298. The number of anilines is 1. The first-order valence-corrected chi connectivity index (χ1v) is 9.36. The first-order valence-electron chi connectivity index (χ1n) is 8.55. The van der Waals surface area contributed by atoms with Gasteiger partial charge in [0.25, 0.3) is 0 Å². The lowest BCUT2D eigenvalue weighted by Gasteiger charge is -2.17. The van der Waals surface area contributed by atoms with E-state index < -0.39 is 0 Å². The van der Waals surface area contributed by atoms with E-state index >= 15 is 0 Å². The molecule has 0 saturated heterocycles. The molecule has 2 heterocycles. The van der Waals surface area contributed by atoms with Crippen LogP contribution in [-0.2, 0) is 12.8 Å². The molecule has 0 aromatic carbocycles. The molecule has 0 unspecified atom stereocenters. The van der Waals surface area contributed by atoms with Gasteiger partial charge in [0, 0.05) is 11.4 Å². The highest BCUT2D eigenvalue weighted by molar-refractivity contribution is 7.19. The van der Waals surface area contributed by atoms with E-state index in [9.17, 15) is 0 Å². The topological polar surface area (TPSA) is 41.0 Å². The largest absolute Gasteiger partial charge is 0.369 e. The van der Waals surface area contributed by atoms with Crippen molar-refractivity contribution in [1.82, 2.24) is 14.9 Å². The molecule has 1 aliphatic rings. The zero-order chi connectivity index (χ0) is 15.4. The van der Waals surface area contributed by atoms with Crippen LogP contribution in [0, 0.1) is 0 Å². The number of nitrogens with one attached hydrogen (secondary N) is 1. The Bertz CT molecular complexity index is 618. The van der Waals surface area contributed by atoms with Crippen molar-refractivity contribution in [1.29, 1.82) is 0 Å². The van der Waals surface area contributed by atoms with Crippen LogP contribution in [-0.4, -0.2) is 41.0 Å². The summed E-state index contributed by atoms with van der Waals surface area (Å²) in [4.78, 5) is 14.1. The first kappa shape index (κ1) is 15.7. The second kappa shape index (κ2) is 7.38. The minimum Gasteiger partial charge on any atom is -0.369 e. The standard InChI is InChI=1S/C17H26N4S/c1-3-21(4-2)11-6-5-10-18-16-15-13-8-7-9-14(13)22-17(15)20-12-19-16/h12H,3-11H2,1-2H3,(H,18,19,20). The highest BCUT2D eigenvalue weighted by Gasteiger charge is 2.20. The molecule has 0 radical (unpaired) electrons. The van der Waals surface area contributed by atoms with Crippen molar-refractivity contribution in [3.05, 3.63) is 16.8 Å². The minimum absolute atomic E-state index is 0.998. The fourth-order valence-electron chi connectivity index (χ4n) is 3.27. The predicted molar refractivity (Wildman–Crippen MR) is 95.0 cm³/mol. The maximum absolute atomic E-state index is 4.50.